The van der Waals surface area contributed by atoms with Crippen molar-refractivity contribution >= 4 is 17.7 Å². The van der Waals surface area contributed by atoms with Gasteiger partial charge >= 0.3 is 5.97 Å². The van der Waals surface area contributed by atoms with Crippen LogP contribution in [0.5, 0.6) is 0 Å². The SMILES string of the molecule is Cc1c(C(=O)N(Cc2ccccc2)C(C)C(=O)O)oc2c1C(=O)CCC2. The van der Waals surface area contributed by atoms with Crippen LogP contribution in [0, 0.1) is 6.92 Å². The molecule has 1 N–H and O–H groups in total. The fourth-order valence-electron chi connectivity index (χ4n) is 3.28. The Hall–Kier alpha value is -2.89. The minimum atomic E-state index is -1.10. The predicted octanol–water partition coefficient (Wildman–Crippen LogP) is 3.22. The van der Waals surface area contributed by atoms with Gasteiger partial charge in [0.2, 0.25) is 0 Å². The maximum atomic E-state index is 13.1. The average molecular weight is 355 g/mol. The Morgan fingerprint density at radius 1 is 1.23 bits per heavy atom. The molecule has 0 saturated heterocycles. The van der Waals surface area contributed by atoms with E-state index in [2.05, 4.69) is 0 Å². The predicted molar refractivity (Wildman–Crippen MR) is 94.1 cm³/mol. The van der Waals surface area contributed by atoms with Crippen molar-refractivity contribution in [2.75, 3.05) is 0 Å². The van der Waals surface area contributed by atoms with Gasteiger partial charge in [-0.05, 0) is 25.8 Å². The number of furan rings is 1. The highest BCUT2D eigenvalue weighted by molar-refractivity contribution is 6.04. The van der Waals surface area contributed by atoms with E-state index in [4.69, 9.17) is 4.42 Å². The monoisotopic (exact) mass is 355 g/mol. The highest BCUT2D eigenvalue weighted by Crippen LogP contribution is 2.30. The van der Waals surface area contributed by atoms with E-state index in [0.717, 1.165) is 5.56 Å². The number of hydrogen-bond donors (Lipinski definition) is 1. The molecule has 0 spiro atoms. The van der Waals surface area contributed by atoms with Gasteiger partial charge in [-0.25, -0.2) is 4.79 Å². The Bertz CT molecular complexity index is 853. The number of aliphatic carboxylic acids is 1. The number of fused-ring (bicyclic) bond motifs is 1. The van der Waals surface area contributed by atoms with Crippen LogP contribution >= 0.6 is 0 Å². The lowest BCUT2D eigenvalue weighted by atomic mass is 9.94. The molecule has 0 aliphatic heterocycles. The zero-order chi connectivity index (χ0) is 18.8. The Balaban J connectivity index is 1.98. The first kappa shape index (κ1) is 17.9. The molecular formula is C20H21NO5. The molecule has 0 saturated carbocycles. The lowest BCUT2D eigenvalue weighted by molar-refractivity contribution is -0.141. The minimum absolute atomic E-state index is 0.0209. The van der Waals surface area contributed by atoms with Gasteiger partial charge in [0.25, 0.3) is 5.91 Å². The van der Waals surface area contributed by atoms with Gasteiger partial charge in [0.15, 0.2) is 11.5 Å². The van der Waals surface area contributed by atoms with Crippen molar-refractivity contribution < 1.29 is 23.9 Å². The Morgan fingerprint density at radius 3 is 2.54 bits per heavy atom. The third-order valence-corrected chi connectivity index (χ3v) is 4.78. The van der Waals surface area contributed by atoms with Crippen molar-refractivity contribution in [3.8, 4) is 0 Å². The number of aryl methyl sites for hydroxylation is 1. The van der Waals surface area contributed by atoms with Crippen molar-refractivity contribution in [3.05, 3.63) is 58.5 Å². The molecule has 1 aromatic heterocycles. The van der Waals surface area contributed by atoms with Crippen LogP contribution in [0.3, 0.4) is 0 Å². The van der Waals surface area contributed by atoms with Crippen LogP contribution in [0.25, 0.3) is 0 Å². The van der Waals surface area contributed by atoms with E-state index in [0.29, 0.717) is 36.1 Å². The maximum absolute atomic E-state index is 13.1. The molecule has 1 atom stereocenters. The number of rotatable bonds is 5. The number of nitrogens with zero attached hydrogens (tertiary/aromatic N) is 1. The summed E-state index contributed by atoms with van der Waals surface area (Å²) in [6, 6.07) is 8.15. The van der Waals surface area contributed by atoms with E-state index in [9.17, 15) is 19.5 Å². The van der Waals surface area contributed by atoms with E-state index in [-0.39, 0.29) is 18.1 Å². The Morgan fingerprint density at radius 2 is 1.92 bits per heavy atom. The number of hydrogen-bond acceptors (Lipinski definition) is 4. The second-order valence-electron chi connectivity index (χ2n) is 6.56. The van der Waals surface area contributed by atoms with Crippen LogP contribution in [0.4, 0.5) is 0 Å². The molecule has 0 radical (unpaired) electrons. The second-order valence-corrected chi connectivity index (χ2v) is 6.56. The summed E-state index contributed by atoms with van der Waals surface area (Å²) in [5.41, 5.74) is 1.81. The molecule has 6 nitrogen and oxygen atoms in total. The smallest absolute Gasteiger partial charge is 0.326 e. The summed E-state index contributed by atoms with van der Waals surface area (Å²) < 4.78 is 5.71. The number of amides is 1. The fraction of sp³-hybridized carbons (Fsp3) is 0.350. The first-order chi connectivity index (χ1) is 12.4. The largest absolute Gasteiger partial charge is 0.480 e. The number of carboxylic acid groups (broad SMARTS) is 1. The summed E-state index contributed by atoms with van der Waals surface area (Å²) in [5.74, 6) is -1.03. The molecule has 6 heteroatoms. The van der Waals surface area contributed by atoms with Gasteiger partial charge in [-0.1, -0.05) is 30.3 Å². The number of ketones is 1. The summed E-state index contributed by atoms with van der Waals surface area (Å²) in [7, 11) is 0. The van der Waals surface area contributed by atoms with Crippen LogP contribution in [0.2, 0.25) is 0 Å². The molecular weight excluding hydrogens is 334 g/mol. The maximum Gasteiger partial charge on any atom is 0.326 e. The van der Waals surface area contributed by atoms with Gasteiger partial charge in [-0.2, -0.15) is 0 Å². The molecule has 3 rings (SSSR count). The molecule has 1 unspecified atom stereocenters. The first-order valence-corrected chi connectivity index (χ1v) is 8.63. The quantitative estimate of drug-likeness (QED) is 0.890. The van der Waals surface area contributed by atoms with Crippen molar-refractivity contribution in [1.29, 1.82) is 0 Å². The number of benzene rings is 1. The van der Waals surface area contributed by atoms with Crippen LogP contribution in [0.1, 0.15) is 57.6 Å². The Kier molecular flexibility index (Phi) is 4.93. The van der Waals surface area contributed by atoms with Gasteiger partial charge in [0, 0.05) is 24.9 Å². The van der Waals surface area contributed by atoms with Crippen molar-refractivity contribution in [2.24, 2.45) is 0 Å². The molecule has 1 heterocycles. The van der Waals surface area contributed by atoms with Gasteiger partial charge in [-0.3, -0.25) is 9.59 Å². The molecule has 0 bridgehead atoms. The molecule has 0 fully saturated rings. The number of carboxylic acids is 1. The van der Waals surface area contributed by atoms with Gasteiger partial charge in [0.05, 0.1) is 5.56 Å². The number of carbonyl (C=O) groups excluding carboxylic acids is 2. The summed E-state index contributed by atoms with van der Waals surface area (Å²) >= 11 is 0. The van der Waals surface area contributed by atoms with Crippen molar-refractivity contribution in [2.45, 2.75) is 45.7 Å². The van der Waals surface area contributed by atoms with Gasteiger partial charge < -0.3 is 14.4 Å². The van der Waals surface area contributed by atoms with Crippen molar-refractivity contribution in [3.63, 3.8) is 0 Å². The van der Waals surface area contributed by atoms with E-state index < -0.39 is 17.9 Å². The number of carbonyl (C=O) groups is 3. The number of Topliss-reactive ketones (excluding diaryl/α,β-unsaturated/α-hetero) is 1. The lowest BCUT2D eigenvalue weighted by Gasteiger charge is -2.26. The van der Waals surface area contributed by atoms with Crippen LogP contribution in [-0.2, 0) is 17.8 Å². The summed E-state index contributed by atoms with van der Waals surface area (Å²) in [4.78, 5) is 38.0. The van der Waals surface area contributed by atoms with Crippen LogP contribution in [-0.4, -0.2) is 33.7 Å². The molecule has 1 aliphatic rings. The van der Waals surface area contributed by atoms with E-state index in [1.807, 2.05) is 30.3 Å². The molecule has 1 amide bonds. The third-order valence-electron chi connectivity index (χ3n) is 4.78. The summed E-state index contributed by atoms with van der Waals surface area (Å²) in [6.07, 6.45) is 1.76. The normalized spacial score (nSPS) is 14.6. The minimum Gasteiger partial charge on any atom is -0.480 e. The highest BCUT2D eigenvalue weighted by Gasteiger charge is 2.34. The third kappa shape index (κ3) is 3.27. The molecule has 136 valence electrons. The van der Waals surface area contributed by atoms with E-state index in [1.165, 1.54) is 11.8 Å². The lowest BCUT2D eigenvalue weighted by Crippen LogP contribution is -2.42. The zero-order valence-corrected chi connectivity index (χ0v) is 14.8. The zero-order valence-electron chi connectivity index (χ0n) is 14.8. The first-order valence-electron chi connectivity index (χ1n) is 8.63. The average Bonchev–Trinajstić information content (AvgIpc) is 2.97. The molecule has 26 heavy (non-hydrogen) atoms. The fourth-order valence-corrected chi connectivity index (χ4v) is 3.28. The highest BCUT2D eigenvalue weighted by atomic mass is 16.4. The van der Waals surface area contributed by atoms with Crippen molar-refractivity contribution in [1.82, 2.24) is 4.90 Å². The van der Waals surface area contributed by atoms with Gasteiger partial charge in [0.1, 0.15) is 11.8 Å². The molecule has 2 aromatic rings. The molecule has 1 aromatic carbocycles. The second kappa shape index (κ2) is 7.15. The molecule has 1 aliphatic carbocycles. The van der Waals surface area contributed by atoms with Crippen LogP contribution in [0.15, 0.2) is 34.7 Å². The Labute approximate surface area is 151 Å². The summed E-state index contributed by atoms with van der Waals surface area (Å²) in [6.45, 7) is 3.29. The van der Waals surface area contributed by atoms with E-state index in [1.54, 1.807) is 6.92 Å². The standard InChI is InChI=1S/C20H21NO5/c1-12-17-15(22)9-6-10-16(17)26-18(12)19(23)21(13(2)20(24)25)11-14-7-4-3-5-8-14/h3-5,7-8,13H,6,9-11H2,1-2H3,(H,24,25). The van der Waals surface area contributed by atoms with E-state index >= 15 is 0 Å². The topological polar surface area (TPSA) is 87.8 Å². The summed E-state index contributed by atoms with van der Waals surface area (Å²) in [5, 5.41) is 9.42. The van der Waals surface area contributed by atoms with Crippen LogP contribution < -0.4 is 0 Å². The van der Waals surface area contributed by atoms with Gasteiger partial charge in [-0.15, -0.1) is 0 Å².